The maximum atomic E-state index is 9.98. The van der Waals surface area contributed by atoms with E-state index in [-0.39, 0.29) is 6.04 Å². The minimum Gasteiger partial charge on any atom is -0.439 e. The lowest BCUT2D eigenvalue weighted by Crippen LogP contribution is -2.36. The number of aryl methyl sites for hydroxylation is 2. The van der Waals surface area contributed by atoms with Crippen molar-refractivity contribution < 1.29 is 9.84 Å². The molecular formula is C24H31N3O2. The molecule has 3 rings (SSSR count). The van der Waals surface area contributed by atoms with E-state index < -0.39 is 6.10 Å². The Kier molecular flexibility index (Phi) is 6.72. The smallest absolute Gasteiger partial charge is 0.222 e. The number of benzene rings is 2. The van der Waals surface area contributed by atoms with E-state index in [9.17, 15) is 5.11 Å². The molecular weight excluding hydrogens is 362 g/mol. The van der Waals surface area contributed by atoms with Gasteiger partial charge in [0.05, 0.1) is 11.7 Å². The third kappa shape index (κ3) is 5.25. The molecule has 0 saturated heterocycles. The van der Waals surface area contributed by atoms with E-state index in [0.29, 0.717) is 13.1 Å². The van der Waals surface area contributed by atoms with Crippen LogP contribution in [-0.4, -0.2) is 38.5 Å². The van der Waals surface area contributed by atoms with Crippen molar-refractivity contribution >= 4 is 0 Å². The van der Waals surface area contributed by atoms with Crippen LogP contribution in [-0.2, 0) is 13.6 Å². The molecule has 1 aromatic heterocycles. The van der Waals surface area contributed by atoms with Gasteiger partial charge in [-0.1, -0.05) is 42.5 Å². The van der Waals surface area contributed by atoms with E-state index in [1.807, 2.05) is 50.4 Å². The molecule has 2 aromatic carbocycles. The fourth-order valence-corrected chi connectivity index (χ4v) is 3.44. The summed E-state index contributed by atoms with van der Waals surface area (Å²) in [6.45, 7) is 9.38. The Bertz CT molecular complexity index is 933. The van der Waals surface area contributed by atoms with E-state index >= 15 is 0 Å². The lowest BCUT2D eigenvalue weighted by atomic mass is 10.1. The summed E-state index contributed by atoms with van der Waals surface area (Å²) in [4.78, 5) is 2.25. The number of aromatic nitrogens is 2. The van der Waals surface area contributed by atoms with E-state index in [4.69, 9.17) is 9.84 Å². The predicted molar refractivity (Wildman–Crippen MR) is 117 cm³/mol. The van der Waals surface area contributed by atoms with Gasteiger partial charge >= 0.3 is 0 Å². The van der Waals surface area contributed by atoms with Gasteiger partial charge in [0.25, 0.3) is 0 Å². The highest BCUT2D eigenvalue weighted by molar-refractivity contribution is 5.65. The minimum absolute atomic E-state index is 0.278. The average molecular weight is 394 g/mol. The van der Waals surface area contributed by atoms with Gasteiger partial charge in [0.2, 0.25) is 5.88 Å². The second-order valence-corrected chi connectivity index (χ2v) is 7.91. The second-order valence-electron chi connectivity index (χ2n) is 7.91. The van der Waals surface area contributed by atoms with Crippen molar-refractivity contribution in [1.82, 2.24) is 14.7 Å². The normalized spacial score (nSPS) is 12.6. The summed E-state index contributed by atoms with van der Waals surface area (Å²) < 4.78 is 8.13. The van der Waals surface area contributed by atoms with Gasteiger partial charge < -0.3 is 9.84 Å². The molecule has 0 bridgehead atoms. The third-order valence-electron chi connectivity index (χ3n) is 4.93. The summed E-state index contributed by atoms with van der Waals surface area (Å²) in [5, 5.41) is 14.8. The van der Waals surface area contributed by atoms with Crippen LogP contribution in [0.3, 0.4) is 0 Å². The Labute approximate surface area is 173 Å². The van der Waals surface area contributed by atoms with Gasteiger partial charge in [-0.05, 0) is 45.4 Å². The van der Waals surface area contributed by atoms with Crippen LogP contribution in [0.15, 0.2) is 54.6 Å². The summed E-state index contributed by atoms with van der Waals surface area (Å²) >= 11 is 0. The van der Waals surface area contributed by atoms with Crippen LogP contribution in [0.5, 0.6) is 11.6 Å². The van der Waals surface area contributed by atoms with E-state index in [1.54, 1.807) is 4.68 Å². The molecule has 5 nitrogen and oxygen atoms in total. The summed E-state index contributed by atoms with van der Waals surface area (Å²) in [7, 11) is 1.91. The molecule has 5 heteroatoms. The average Bonchev–Trinajstić information content (AvgIpc) is 2.97. The summed E-state index contributed by atoms with van der Waals surface area (Å²) in [6.07, 6.45) is -0.407. The molecule has 0 fully saturated rings. The highest BCUT2D eigenvalue weighted by Gasteiger charge is 2.24. The highest BCUT2D eigenvalue weighted by Crippen LogP contribution is 2.34. The molecule has 0 aliphatic heterocycles. The molecule has 0 aliphatic rings. The summed E-state index contributed by atoms with van der Waals surface area (Å²) in [5.74, 6) is 1.52. The molecule has 0 unspecified atom stereocenters. The molecule has 154 valence electrons. The Morgan fingerprint density at radius 1 is 1.07 bits per heavy atom. The Morgan fingerprint density at radius 2 is 1.79 bits per heavy atom. The molecule has 0 amide bonds. The number of hydrogen-bond donors (Lipinski definition) is 1. The monoisotopic (exact) mass is 393 g/mol. The summed E-state index contributed by atoms with van der Waals surface area (Å²) in [6, 6.07) is 18.5. The molecule has 1 N–H and O–H groups in total. The lowest BCUT2D eigenvalue weighted by Gasteiger charge is -2.28. The van der Waals surface area contributed by atoms with Crippen molar-refractivity contribution in [3.8, 4) is 22.9 Å². The highest BCUT2D eigenvalue weighted by atomic mass is 16.5. The second kappa shape index (κ2) is 9.25. The van der Waals surface area contributed by atoms with Gasteiger partial charge in [-0.15, -0.1) is 0 Å². The number of nitrogens with zero attached hydrogens (tertiary/aromatic N) is 3. The van der Waals surface area contributed by atoms with Gasteiger partial charge in [-0.3, -0.25) is 4.90 Å². The van der Waals surface area contributed by atoms with Crippen LogP contribution in [0.25, 0.3) is 11.3 Å². The molecule has 0 radical (unpaired) electrons. The predicted octanol–water partition coefficient (Wildman–Crippen LogP) is 4.78. The first-order valence-corrected chi connectivity index (χ1v) is 10.1. The SMILES string of the molecule is Cc1cccc(Oc2c(CN(C[C@H](C)O)C(C)C)c(-c3ccccc3)nn2C)c1. The largest absolute Gasteiger partial charge is 0.439 e. The van der Waals surface area contributed by atoms with Gasteiger partial charge in [0.15, 0.2) is 0 Å². The topological polar surface area (TPSA) is 50.5 Å². The van der Waals surface area contributed by atoms with Crippen LogP contribution in [0.4, 0.5) is 0 Å². The number of rotatable bonds is 8. The Morgan fingerprint density at radius 3 is 2.41 bits per heavy atom. The van der Waals surface area contributed by atoms with Crippen LogP contribution in [0, 0.1) is 6.92 Å². The Balaban J connectivity index is 2.06. The van der Waals surface area contributed by atoms with Gasteiger partial charge in [0, 0.05) is 31.7 Å². The first kappa shape index (κ1) is 21.1. The van der Waals surface area contributed by atoms with Crippen molar-refractivity contribution in [3.05, 3.63) is 65.7 Å². The van der Waals surface area contributed by atoms with Crippen molar-refractivity contribution in [1.29, 1.82) is 0 Å². The van der Waals surface area contributed by atoms with Gasteiger partial charge in [-0.2, -0.15) is 5.10 Å². The maximum Gasteiger partial charge on any atom is 0.222 e. The number of ether oxygens (including phenoxy) is 1. The third-order valence-corrected chi connectivity index (χ3v) is 4.93. The zero-order valence-corrected chi connectivity index (χ0v) is 18.0. The zero-order chi connectivity index (χ0) is 21.0. The van der Waals surface area contributed by atoms with Crippen molar-refractivity contribution in [3.63, 3.8) is 0 Å². The van der Waals surface area contributed by atoms with E-state index in [1.165, 1.54) is 0 Å². The van der Waals surface area contributed by atoms with Crippen molar-refractivity contribution in [2.75, 3.05) is 6.54 Å². The molecule has 3 aromatic rings. The van der Waals surface area contributed by atoms with E-state index in [0.717, 1.165) is 34.0 Å². The van der Waals surface area contributed by atoms with Gasteiger partial charge in [0.1, 0.15) is 11.4 Å². The molecule has 0 saturated carbocycles. The lowest BCUT2D eigenvalue weighted by molar-refractivity contribution is 0.102. The molecule has 0 aliphatic carbocycles. The van der Waals surface area contributed by atoms with Crippen molar-refractivity contribution in [2.45, 2.75) is 46.4 Å². The van der Waals surface area contributed by atoms with Crippen molar-refractivity contribution in [2.24, 2.45) is 7.05 Å². The Hall–Kier alpha value is -2.63. The fraction of sp³-hybridized carbons (Fsp3) is 0.375. The van der Waals surface area contributed by atoms with E-state index in [2.05, 4.69) is 43.9 Å². The molecule has 1 atom stereocenters. The molecule has 29 heavy (non-hydrogen) atoms. The summed E-state index contributed by atoms with van der Waals surface area (Å²) in [5.41, 5.74) is 4.13. The molecule has 1 heterocycles. The fourth-order valence-electron chi connectivity index (χ4n) is 3.44. The number of aliphatic hydroxyl groups excluding tert-OH is 1. The maximum absolute atomic E-state index is 9.98. The molecule has 0 spiro atoms. The number of aliphatic hydroxyl groups is 1. The quantitative estimate of drug-likeness (QED) is 0.598. The van der Waals surface area contributed by atoms with Gasteiger partial charge in [-0.25, -0.2) is 4.68 Å². The zero-order valence-electron chi connectivity index (χ0n) is 18.0. The first-order valence-electron chi connectivity index (χ1n) is 10.1. The van der Waals surface area contributed by atoms with Crippen LogP contribution in [0.2, 0.25) is 0 Å². The van der Waals surface area contributed by atoms with Crippen LogP contribution in [0.1, 0.15) is 31.9 Å². The van der Waals surface area contributed by atoms with Crippen LogP contribution < -0.4 is 4.74 Å². The standard InChI is InChI=1S/C24H31N3O2/c1-17(2)27(15-19(4)28)16-22-23(20-11-7-6-8-12-20)25-26(5)24(22)29-21-13-9-10-18(3)14-21/h6-14,17,19,28H,15-16H2,1-5H3/t19-/m0/s1. The minimum atomic E-state index is -0.407. The first-order chi connectivity index (χ1) is 13.8. The van der Waals surface area contributed by atoms with Crippen LogP contribution >= 0.6 is 0 Å². The number of hydrogen-bond acceptors (Lipinski definition) is 4.